The van der Waals surface area contributed by atoms with Crippen LogP contribution >= 0.6 is 22.9 Å². The highest BCUT2D eigenvalue weighted by Gasteiger charge is 2.25. The van der Waals surface area contributed by atoms with Gasteiger partial charge in [0.1, 0.15) is 10.6 Å². The maximum absolute atomic E-state index is 6.02. The van der Waals surface area contributed by atoms with Gasteiger partial charge in [0, 0.05) is 6.54 Å². The Morgan fingerprint density at radius 2 is 2.44 bits per heavy atom. The average Bonchev–Trinajstić information content (AvgIpc) is 2.85. The van der Waals surface area contributed by atoms with E-state index in [2.05, 4.69) is 27.9 Å². The van der Waals surface area contributed by atoms with E-state index in [-0.39, 0.29) is 0 Å². The molecule has 0 aromatic carbocycles. The largest absolute Gasteiger partial charge is 0.377 e. The van der Waals surface area contributed by atoms with E-state index in [9.17, 15) is 0 Å². The van der Waals surface area contributed by atoms with Crippen molar-refractivity contribution in [2.24, 2.45) is 0 Å². The summed E-state index contributed by atoms with van der Waals surface area (Å²) in [6.07, 6.45) is 1.03. The van der Waals surface area contributed by atoms with Crippen molar-refractivity contribution in [1.29, 1.82) is 0 Å². The standard InChI is InChI=1S/C12H14ClN3OS/c1-2-8-7-17-5-4-16(8)10-9-3-6-18-11(9)15-12(13)14-10/h3,6,8H,2,4-5,7H2,1H3. The Kier molecular flexibility index (Phi) is 3.37. The summed E-state index contributed by atoms with van der Waals surface area (Å²) in [5, 5.41) is 3.44. The van der Waals surface area contributed by atoms with Crippen molar-refractivity contribution in [2.75, 3.05) is 24.7 Å². The molecule has 0 N–H and O–H groups in total. The van der Waals surface area contributed by atoms with E-state index in [0.29, 0.717) is 11.3 Å². The number of hydrogen-bond donors (Lipinski definition) is 0. The number of fused-ring (bicyclic) bond motifs is 1. The first-order valence-electron chi connectivity index (χ1n) is 6.04. The summed E-state index contributed by atoms with van der Waals surface area (Å²) in [7, 11) is 0. The molecule has 1 aliphatic rings. The molecule has 1 saturated heterocycles. The summed E-state index contributed by atoms with van der Waals surface area (Å²) in [5.74, 6) is 0.946. The van der Waals surface area contributed by atoms with Crippen LogP contribution in [-0.2, 0) is 4.74 Å². The van der Waals surface area contributed by atoms with Crippen molar-refractivity contribution < 1.29 is 4.74 Å². The first-order valence-corrected chi connectivity index (χ1v) is 7.30. The number of hydrogen-bond acceptors (Lipinski definition) is 5. The molecule has 0 bridgehead atoms. The normalized spacial score (nSPS) is 20.6. The van der Waals surface area contributed by atoms with Crippen LogP contribution in [0.15, 0.2) is 11.4 Å². The Morgan fingerprint density at radius 3 is 3.28 bits per heavy atom. The quantitative estimate of drug-likeness (QED) is 0.794. The third kappa shape index (κ3) is 2.06. The average molecular weight is 284 g/mol. The SMILES string of the molecule is CCC1COCCN1c1nc(Cl)nc2sccc12. The zero-order valence-corrected chi connectivity index (χ0v) is 11.7. The lowest BCUT2D eigenvalue weighted by Crippen LogP contribution is -2.45. The molecule has 0 aliphatic carbocycles. The van der Waals surface area contributed by atoms with Gasteiger partial charge in [0.25, 0.3) is 0 Å². The third-order valence-electron chi connectivity index (χ3n) is 3.25. The fraction of sp³-hybridized carbons (Fsp3) is 0.500. The lowest BCUT2D eigenvalue weighted by atomic mass is 10.1. The number of halogens is 1. The Balaban J connectivity index is 2.08. The fourth-order valence-electron chi connectivity index (χ4n) is 2.31. The van der Waals surface area contributed by atoms with Gasteiger partial charge in [-0.2, -0.15) is 4.98 Å². The topological polar surface area (TPSA) is 38.2 Å². The second-order valence-electron chi connectivity index (χ2n) is 4.29. The zero-order chi connectivity index (χ0) is 12.5. The molecule has 1 fully saturated rings. The molecule has 1 aliphatic heterocycles. The van der Waals surface area contributed by atoms with Gasteiger partial charge in [-0.3, -0.25) is 0 Å². The minimum Gasteiger partial charge on any atom is -0.377 e. The second-order valence-corrected chi connectivity index (χ2v) is 5.52. The monoisotopic (exact) mass is 283 g/mol. The van der Waals surface area contributed by atoms with Crippen LogP contribution in [0.4, 0.5) is 5.82 Å². The molecule has 0 radical (unpaired) electrons. The molecular formula is C12H14ClN3OS. The van der Waals surface area contributed by atoms with Gasteiger partial charge in [0.15, 0.2) is 0 Å². The lowest BCUT2D eigenvalue weighted by molar-refractivity contribution is 0.0927. The van der Waals surface area contributed by atoms with E-state index in [0.717, 1.165) is 42.2 Å². The predicted octanol–water partition coefficient (Wildman–Crippen LogP) is 2.96. The zero-order valence-electron chi connectivity index (χ0n) is 10.1. The number of ether oxygens (including phenoxy) is 1. The van der Waals surface area contributed by atoms with E-state index in [1.807, 2.05) is 5.38 Å². The molecule has 3 rings (SSSR count). The molecule has 6 heteroatoms. The van der Waals surface area contributed by atoms with Crippen molar-refractivity contribution in [2.45, 2.75) is 19.4 Å². The van der Waals surface area contributed by atoms with Crippen LogP contribution in [0.25, 0.3) is 10.2 Å². The van der Waals surface area contributed by atoms with E-state index in [1.54, 1.807) is 11.3 Å². The number of anilines is 1. The first kappa shape index (κ1) is 12.1. The molecule has 18 heavy (non-hydrogen) atoms. The van der Waals surface area contributed by atoms with Crippen LogP contribution in [0, 0.1) is 0 Å². The maximum Gasteiger partial charge on any atom is 0.225 e. The minimum absolute atomic E-state index is 0.321. The summed E-state index contributed by atoms with van der Waals surface area (Å²) in [5.41, 5.74) is 0. The third-order valence-corrected chi connectivity index (χ3v) is 4.22. The van der Waals surface area contributed by atoms with Crippen molar-refractivity contribution in [3.63, 3.8) is 0 Å². The van der Waals surface area contributed by atoms with Crippen LogP contribution < -0.4 is 4.90 Å². The molecule has 3 heterocycles. The number of thiophene rings is 1. The highest BCUT2D eigenvalue weighted by atomic mass is 35.5. The smallest absolute Gasteiger partial charge is 0.225 e. The van der Waals surface area contributed by atoms with Gasteiger partial charge < -0.3 is 9.64 Å². The van der Waals surface area contributed by atoms with E-state index in [1.165, 1.54) is 0 Å². The molecule has 0 spiro atoms. The van der Waals surface area contributed by atoms with Gasteiger partial charge >= 0.3 is 0 Å². The van der Waals surface area contributed by atoms with Gasteiger partial charge in [0.2, 0.25) is 5.28 Å². The Hall–Kier alpha value is -0.910. The van der Waals surface area contributed by atoms with Crippen LogP contribution in [0.1, 0.15) is 13.3 Å². The molecule has 0 amide bonds. The van der Waals surface area contributed by atoms with E-state index in [4.69, 9.17) is 16.3 Å². The molecule has 1 atom stereocenters. The number of rotatable bonds is 2. The van der Waals surface area contributed by atoms with E-state index < -0.39 is 0 Å². The minimum atomic E-state index is 0.321. The molecule has 2 aromatic heterocycles. The number of nitrogens with zero attached hydrogens (tertiary/aromatic N) is 3. The predicted molar refractivity (Wildman–Crippen MR) is 74.7 cm³/mol. The fourth-order valence-corrected chi connectivity index (χ4v) is 3.28. The molecule has 96 valence electrons. The van der Waals surface area contributed by atoms with Crippen LogP contribution in [-0.4, -0.2) is 35.8 Å². The summed E-state index contributed by atoms with van der Waals surface area (Å²) in [4.78, 5) is 11.9. The molecule has 4 nitrogen and oxygen atoms in total. The van der Waals surface area contributed by atoms with Crippen molar-refractivity contribution in [3.05, 3.63) is 16.7 Å². The number of aromatic nitrogens is 2. The maximum atomic E-state index is 6.02. The molecule has 2 aromatic rings. The van der Waals surface area contributed by atoms with E-state index >= 15 is 0 Å². The van der Waals surface area contributed by atoms with Crippen LogP contribution in [0.2, 0.25) is 5.28 Å². The Bertz CT molecular complexity index is 559. The number of morpholine rings is 1. The Labute approximate surface area is 115 Å². The summed E-state index contributed by atoms with van der Waals surface area (Å²) < 4.78 is 5.53. The second kappa shape index (κ2) is 4.99. The van der Waals surface area contributed by atoms with Crippen LogP contribution in [0.3, 0.4) is 0 Å². The highest BCUT2D eigenvalue weighted by Crippen LogP contribution is 2.31. The highest BCUT2D eigenvalue weighted by molar-refractivity contribution is 7.16. The van der Waals surface area contributed by atoms with Gasteiger partial charge in [-0.15, -0.1) is 11.3 Å². The van der Waals surface area contributed by atoms with Crippen molar-refractivity contribution >= 4 is 39.0 Å². The van der Waals surface area contributed by atoms with Crippen molar-refractivity contribution in [3.8, 4) is 0 Å². The summed E-state index contributed by atoms with van der Waals surface area (Å²) in [6.45, 7) is 4.52. The van der Waals surface area contributed by atoms with Gasteiger partial charge in [-0.05, 0) is 29.5 Å². The van der Waals surface area contributed by atoms with Gasteiger partial charge in [-0.1, -0.05) is 6.92 Å². The first-order chi connectivity index (χ1) is 8.79. The van der Waals surface area contributed by atoms with Gasteiger partial charge in [-0.25, -0.2) is 4.98 Å². The molecule has 1 unspecified atom stereocenters. The van der Waals surface area contributed by atoms with Gasteiger partial charge in [0.05, 0.1) is 24.6 Å². The summed E-state index contributed by atoms with van der Waals surface area (Å²) in [6, 6.07) is 2.43. The molecular weight excluding hydrogens is 270 g/mol. The molecule has 0 saturated carbocycles. The van der Waals surface area contributed by atoms with Crippen LogP contribution in [0.5, 0.6) is 0 Å². The summed E-state index contributed by atoms with van der Waals surface area (Å²) >= 11 is 7.61. The Morgan fingerprint density at radius 1 is 1.56 bits per heavy atom. The van der Waals surface area contributed by atoms with Crippen molar-refractivity contribution in [1.82, 2.24) is 9.97 Å². The lowest BCUT2D eigenvalue weighted by Gasteiger charge is -2.36.